The van der Waals surface area contributed by atoms with Crippen LogP contribution in [0.2, 0.25) is 0 Å². The Labute approximate surface area is 150 Å². The molecule has 8 N–H and O–H groups in total. The van der Waals surface area contributed by atoms with Crippen LogP contribution in [0, 0.1) is 0 Å². The summed E-state index contributed by atoms with van der Waals surface area (Å²) in [5, 5.41) is 32.6. The second-order valence-corrected chi connectivity index (χ2v) is 6.26. The third kappa shape index (κ3) is 3.57. The summed E-state index contributed by atoms with van der Waals surface area (Å²) >= 11 is 0. The van der Waals surface area contributed by atoms with Crippen molar-refractivity contribution >= 4 is 22.9 Å². The van der Waals surface area contributed by atoms with E-state index in [-0.39, 0.29) is 5.95 Å². The molecule has 0 aliphatic carbocycles. The molecule has 1 fully saturated rings. The maximum absolute atomic E-state index is 10.2. The Kier molecular flexibility index (Phi) is 5.84. The van der Waals surface area contributed by atoms with Crippen LogP contribution in [0.3, 0.4) is 0 Å². The SMILES string of the molecule is NCCCCCNc1nc(N)nc2c1ncn2[C@@H]1O[C@H](CO)[C@@H](O)[C@H]1O. The van der Waals surface area contributed by atoms with Crippen molar-refractivity contribution in [2.75, 3.05) is 30.7 Å². The molecule has 0 saturated carbocycles. The Morgan fingerprint density at radius 3 is 2.69 bits per heavy atom. The van der Waals surface area contributed by atoms with E-state index in [0.717, 1.165) is 19.3 Å². The number of rotatable bonds is 8. The first-order valence-electron chi connectivity index (χ1n) is 8.63. The van der Waals surface area contributed by atoms with E-state index < -0.39 is 31.1 Å². The van der Waals surface area contributed by atoms with Crippen LogP contribution in [0.5, 0.6) is 0 Å². The Balaban J connectivity index is 1.83. The summed E-state index contributed by atoms with van der Waals surface area (Å²) in [6, 6.07) is 0. The van der Waals surface area contributed by atoms with Crippen LogP contribution < -0.4 is 16.8 Å². The van der Waals surface area contributed by atoms with Crippen molar-refractivity contribution in [2.45, 2.75) is 43.8 Å². The summed E-state index contributed by atoms with van der Waals surface area (Å²) in [7, 11) is 0. The van der Waals surface area contributed by atoms with Gasteiger partial charge in [-0.15, -0.1) is 0 Å². The number of nitrogens with two attached hydrogens (primary N) is 2. The van der Waals surface area contributed by atoms with Crippen LogP contribution in [0.1, 0.15) is 25.5 Å². The topological polar surface area (TPSA) is 178 Å². The Hall–Kier alpha value is -2.05. The van der Waals surface area contributed by atoms with Crippen molar-refractivity contribution in [3.8, 4) is 0 Å². The van der Waals surface area contributed by atoms with Gasteiger partial charge in [0.05, 0.1) is 12.9 Å². The molecular formula is C15H25N7O4. The summed E-state index contributed by atoms with van der Waals surface area (Å²) in [6.45, 7) is 0.944. The second kappa shape index (κ2) is 8.10. The highest BCUT2D eigenvalue weighted by molar-refractivity contribution is 5.84. The lowest BCUT2D eigenvalue weighted by molar-refractivity contribution is -0.0511. The molecule has 0 unspecified atom stereocenters. The monoisotopic (exact) mass is 367 g/mol. The van der Waals surface area contributed by atoms with Crippen molar-refractivity contribution in [3.05, 3.63) is 6.33 Å². The smallest absolute Gasteiger partial charge is 0.224 e. The highest BCUT2D eigenvalue weighted by atomic mass is 16.6. The minimum absolute atomic E-state index is 0.0513. The lowest BCUT2D eigenvalue weighted by atomic mass is 10.1. The van der Waals surface area contributed by atoms with Gasteiger partial charge in [-0.2, -0.15) is 9.97 Å². The average molecular weight is 367 g/mol. The molecule has 144 valence electrons. The molecule has 3 rings (SSSR count). The minimum Gasteiger partial charge on any atom is -0.394 e. The quantitative estimate of drug-likeness (QED) is 0.303. The highest BCUT2D eigenvalue weighted by Crippen LogP contribution is 2.32. The molecule has 3 heterocycles. The second-order valence-electron chi connectivity index (χ2n) is 6.26. The number of aromatic nitrogens is 4. The maximum atomic E-state index is 10.2. The van der Waals surface area contributed by atoms with Gasteiger partial charge in [-0.1, -0.05) is 6.42 Å². The molecule has 1 saturated heterocycles. The molecule has 2 aromatic rings. The van der Waals surface area contributed by atoms with Crippen molar-refractivity contribution in [1.29, 1.82) is 0 Å². The molecule has 0 spiro atoms. The molecule has 0 radical (unpaired) electrons. The first kappa shape index (κ1) is 18.7. The van der Waals surface area contributed by atoms with Gasteiger partial charge < -0.3 is 36.8 Å². The van der Waals surface area contributed by atoms with Crippen molar-refractivity contribution in [1.82, 2.24) is 19.5 Å². The van der Waals surface area contributed by atoms with Gasteiger partial charge in [-0.25, -0.2) is 4.98 Å². The number of nitrogens with one attached hydrogen (secondary N) is 1. The molecule has 2 aromatic heterocycles. The zero-order valence-corrected chi connectivity index (χ0v) is 14.3. The largest absolute Gasteiger partial charge is 0.394 e. The van der Waals surface area contributed by atoms with Gasteiger partial charge >= 0.3 is 0 Å². The number of ether oxygens (including phenoxy) is 1. The van der Waals surface area contributed by atoms with Gasteiger partial charge in [0.15, 0.2) is 23.2 Å². The zero-order valence-electron chi connectivity index (χ0n) is 14.3. The van der Waals surface area contributed by atoms with Crippen LogP contribution >= 0.6 is 0 Å². The number of nitrogen functional groups attached to an aromatic ring is 1. The van der Waals surface area contributed by atoms with Crippen LogP contribution in [-0.2, 0) is 4.74 Å². The number of unbranched alkanes of at least 4 members (excludes halogenated alkanes) is 2. The number of aliphatic hydroxyl groups excluding tert-OH is 3. The number of hydrogen-bond donors (Lipinski definition) is 6. The van der Waals surface area contributed by atoms with E-state index in [1.54, 1.807) is 0 Å². The average Bonchev–Trinajstić information content (AvgIpc) is 3.16. The zero-order chi connectivity index (χ0) is 18.7. The molecule has 4 atom stereocenters. The van der Waals surface area contributed by atoms with Crippen LogP contribution in [0.4, 0.5) is 11.8 Å². The molecule has 0 aromatic carbocycles. The van der Waals surface area contributed by atoms with E-state index in [1.807, 2.05) is 0 Å². The van der Waals surface area contributed by atoms with Crippen molar-refractivity contribution < 1.29 is 20.1 Å². The van der Waals surface area contributed by atoms with Gasteiger partial charge in [0.1, 0.15) is 18.3 Å². The predicted molar refractivity (Wildman–Crippen MR) is 94.1 cm³/mol. The predicted octanol–water partition coefficient (Wildman–Crippen LogP) is -1.44. The fraction of sp³-hybridized carbons (Fsp3) is 0.667. The van der Waals surface area contributed by atoms with E-state index in [1.165, 1.54) is 10.9 Å². The first-order chi connectivity index (χ1) is 12.6. The summed E-state index contributed by atoms with van der Waals surface area (Å²) < 4.78 is 7.01. The summed E-state index contributed by atoms with van der Waals surface area (Å²) in [6.07, 6.45) is 0.0880. The summed E-state index contributed by atoms with van der Waals surface area (Å²) in [4.78, 5) is 12.7. The molecular weight excluding hydrogens is 342 g/mol. The number of imidazole rings is 1. The Bertz CT molecular complexity index is 740. The van der Waals surface area contributed by atoms with Gasteiger partial charge in [0.2, 0.25) is 5.95 Å². The third-order valence-corrected chi connectivity index (χ3v) is 4.40. The lowest BCUT2D eigenvalue weighted by Crippen LogP contribution is -2.33. The van der Waals surface area contributed by atoms with E-state index >= 15 is 0 Å². The number of fused-ring (bicyclic) bond motifs is 1. The van der Waals surface area contributed by atoms with Crippen molar-refractivity contribution in [3.63, 3.8) is 0 Å². The van der Waals surface area contributed by atoms with E-state index in [9.17, 15) is 15.3 Å². The number of nitrogens with zero attached hydrogens (tertiary/aromatic N) is 4. The van der Waals surface area contributed by atoms with E-state index in [4.69, 9.17) is 16.2 Å². The van der Waals surface area contributed by atoms with E-state index in [2.05, 4.69) is 20.3 Å². The minimum atomic E-state index is -1.23. The van der Waals surface area contributed by atoms with Crippen molar-refractivity contribution in [2.24, 2.45) is 5.73 Å². The summed E-state index contributed by atoms with van der Waals surface area (Å²) in [5.41, 5.74) is 12.1. The van der Waals surface area contributed by atoms with Gasteiger partial charge in [0.25, 0.3) is 0 Å². The van der Waals surface area contributed by atoms with Crippen LogP contribution in [0.25, 0.3) is 11.2 Å². The third-order valence-electron chi connectivity index (χ3n) is 4.40. The molecule has 0 bridgehead atoms. The van der Waals surface area contributed by atoms with Crippen LogP contribution in [-0.4, -0.2) is 72.8 Å². The van der Waals surface area contributed by atoms with Gasteiger partial charge in [-0.05, 0) is 19.4 Å². The molecule has 26 heavy (non-hydrogen) atoms. The molecule has 11 heteroatoms. The van der Waals surface area contributed by atoms with Crippen LogP contribution in [0.15, 0.2) is 6.33 Å². The number of aliphatic hydroxyl groups is 3. The summed E-state index contributed by atoms with van der Waals surface area (Å²) in [5.74, 6) is 0.543. The molecule has 11 nitrogen and oxygen atoms in total. The molecule has 0 amide bonds. The fourth-order valence-corrected chi connectivity index (χ4v) is 3.01. The Morgan fingerprint density at radius 1 is 1.19 bits per heavy atom. The molecule has 1 aliphatic rings. The number of hydrogen-bond acceptors (Lipinski definition) is 10. The van der Waals surface area contributed by atoms with E-state index in [0.29, 0.717) is 30.1 Å². The first-order valence-corrected chi connectivity index (χ1v) is 8.63. The highest BCUT2D eigenvalue weighted by Gasteiger charge is 2.44. The maximum Gasteiger partial charge on any atom is 0.224 e. The van der Waals surface area contributed by atoms with Gasteiger partial charge in [0, 0.05) is 6.54 Å². The fourth-order valence-electron chi connectivity index (χ4n) is 3.01. The lowest BCUT2D eigenvalue weighted by Gasteiger charge is -2.16. The van der Waals surface area contributed by atoms with Gasteiger partial charge in [-0.3, -0.25) is 4.57 Å². The number of anilines is 2. The molecule has 1 aliphatic heterocycles. The normalized spacial score (nSPS) is 25.8. The Morgan fingerprint density at radius 2 is 2.00 bits per heavy atom. The standard InChI is InChI=1S/C15H25N7O4/c16-4-2-1-3-5-18-12-9-13(21-15(17)20-12)22(7-19-9)14-11(25)10(24)8(6-23)26-14/h7-8,10-11,14,23-25H,1-6,16H2,(H3,17,18,20,21)/t8-,10-,11-,14-/m1/s1.